The molecule has 18 heavy (non-hydrogen) atoms. The molecule has 0 saturated carbocycles. The highest BCUT2D eigenvalue weighted by Gasteiger charge is 2.23. The standard InChI is InChI=1S/C14H14N2O2/c1-9-12(8-16(2)15-9)13(17)11-5-3-4-10-6-7-18-14(10)11/h3-5,8H,6-7H2,1-2H3. The van der Waals surface area contributed by atoms with Crippen molar-refractivity contribution in [3.05, 3.63) is 46.8 Å². The Morgan fingerprint density at radius 2 is 2.22 bits per heavy atom. The van der Waals surface area contributed by atoms with Crippen LogP contribution in [-0.2, 0) is 13.5 Å². The average Bonchev–Trinajstić information content (AvgIpc) is 2.94. The van der Waals surface area contributed by atoms with Crippen molar-refractivity contribution in [1.82, 2.24) is 9.78 Å². The van der Waals surface area contributed by atoms with Gasteiger partial charge in [-0.25, -0.2) is 0 Å². The highest BCUT2D eigenvalue weighted by molar-refractivity contribution is 6.11. The van der Waals surface area contributed by atoms with Gasteiger partial charge in [-0.1, -0.05) is 12.1 Å². The summed E-state index contributed by atoms with van der Waals surface area (Å²) in [5.74, 6) is 0.727. The van der Waals surface area contributed by atoms with Gasteiger partial charge in [0.2, 0.25) is 0 Å². The fourth-order valence-electron chi connectivity index (χ4n) is 2.36. The molecule has 0 aliphatic carbocycles. The molecule has 1 aliphatic rings. The predicted octanol–water partition coefficient (Wildman–Crippen LogP) is 1.89. The lowest BCUT2D eigenvalue weighted by Crippen LogP contribution is -2.04. The Morgan fingerprint density at radius 3 is 2.94 bits per heavy atom. The third-order valence-electron chi connectivity index (χ3n) is 3.22. The number of para-hydroxylation sites is 1. The highest BCUT2D eigenvalue weighted by atomic mass is 16.5. The van der Waals surface area contributed by atoms with Gasteiger partial charge in [-0.2, -0.15) is 5.10 Å². The van der Waals surface area contributed by atoms with Crippen molar-refractivity contribution < 1.29 is 9.53 Å². The summed E-state index contributed by atoms with van der Waals surface area (Å²) in [6, 6.07) is 5.74. The summed E-state index contributed by atoms with van der Waals surface area (Å²) in [7, 11) is 1.82. The molecule has 92 valence electrons. The maximum absolute atomic E-state index is 12.5. The Morgan fingerprint density at radius 1 is 1.39 bits per heavy atom. The molecule has 4 nitrogen and oxygen atoms in total. The lowest BCUT2D eigenvalue weighted by atomic mass is 10.0. The van der Waals surface area contributed by atoms with Crippen LogP contribution < -0.4 is 4.74 Å². The van der Waals surface area contributed by atoms with E-state index in [1.165, 1.54) is 0 Å². The van der Waals surface area contributed by atoms with Crippen LogP contribution in [-0.4, -0.2) is 22.2 Å². The summed E-state index contributed by atoms with van der Waals surface area (Å²) >= 11 is 0. The second kappa shape index (κ2) is 3.98. The largest absolute Gasteiger partial charge is 0.492 e. The first-order valence-corrected chi connectivity index (χ1v) is 5.96. The second-order valence-electron chi connectivity index (χ2n) is 4.52. The van der Waals surface area contributed by atoms with Gasteiger partial charge in [-0.3, -0.25) is 9.48 Å². The zero-order valence-electron chi connectivity index (χ0n) is 10.4. The number of ketones is 1. The van der Waals surface area contributed by atoms with E-state index in [9.17, 15) is 4.79 Å². The fraction of sp³-hybridized carbons (Fsp3) is 0.286. The van der Waals surface area contributed by atoms with Crippen LogP contribution in [0.25, 0.3) is 0 Å². The number of nitrogens with zero attached hydrogens (tertiary/aromatic N) is 2. The van der Waals surface area contributed by atoms with E-state index in [1.54, 1.807) is 10.9 Å². The van der Waals surface area contributed by atoms with Crippen LogP contribution in [0, 0.1) is 6.92 Å². The number of fused-ring (bicyclic) bond motifs is 1. The second-order valence-corrected chi connectivity index (χ2v) is 4.52. The molecule has 0 bridgehead atoms. The van der Waals surface area contributed by atoms with Gasteiger partial charge in [0, 0.05) is 19.7 Å². The number of carbonyl (C=O) groups excluding carboxylic acids is 1. The highest BCUT2D eigenvalue weighted by Crippen LogP contribution is 2.31. The van der Waals surface area contributed by atoms with Crippen LogP contribution in [0.5, 0.6) is 5.75 Å². The monoisotopic (exact) mass is 242 g/mol. The first-order chi connectivity index (χ1) is 8.66. The summed E-state index contributed by atoms with van der Waals surface area (Å²) in [4.78, 5) is 12.5. The van der Waals surface area contributed by atoms with Gasteiger partial charge < -0.3 is 4.74 Å². The van der Waals surface area contributed by atoms with E-state index in [0.29, 0.717) is 17.7 Å². The number of ether oxygens (including phenoxy) is 1. The Hall–Kier alpha value is -2.10. The quantitative estimate of drug-likeness (QED) is 0.755. The Bertz CT molecular complexity index is 629. The minimum atomic E-state index is -0.0145. The van der Waals surface area contributed by atoms with E-state index in [-0.39, 0.29) is 5.78 Å². The molecular weight excluding hydrogens is 228 g/mol. The van der Waals surface area contributed by atoms with Crippen LogP contribution >= 0.6 is 0 Å². The molecule has 0 unspecified atom stereocenters. The van der Waals surface area contributed by atoms with E-state index in [4.69, 9.17) is 4.74 Å². The molecule has 1 aliphatic heterocycles. The topological polar surface area (TPSA) is 44.1 Å². The van der Waals surface area contributed by atoms with Gasteiger partial charge in [0.25, 0.3) is 0 Å². The molecule has 0 radical (unpaired) electrons. The molecule has 0 fully saturated rings. The number of aromatic nitrogens is 2. The van der Waals surface area contributed by atoms with Crippen molar-refractivity contribution in [2.75, 3.05) is 6.61 Å². The number of carbonyl (C=O) groups is 1. The zero-order chi connectivity index (χ0) is 12.7. The SMILES string of the molecule is Cc1nn(C)cc1C(=O)c1cccc2c1OCC2. The van der Waals surface area contributed by atoms with Gasteiger partial charge >= 0.3 is 0 Å². The van der Waals surface area contributed by atoms with Crippen LogP contribution in [0.1, 0.15) is 27.2 Å². The molecule has 3 rings (SSSR count). The third-order valence-corrected chi connectivity index (χ3v) is 3.22. The van der Waals surface area contributed by atoms with Gasteiger partial charge in [0.05, 0.1) is 23.4 Å². The Labute approximate surface area is 105 Å². The average molecular weight is 242 g/mol. The zero-order valence-corrected chi connectivity index (χ0v) is 10.4. The third kappa shape index (κ3) is 1.61. The summed E-state index contributed by atoms with van der Waals surface area (Å²) in [6.07, 6.45) is 2.63. The smallest absolute Gasteiger partial charge is 0.200 e. The number of hydrogen-bond donors (Lipinski definition) is 0. The van der Waals surface area contributed by atoms with Crippen LogP contribution in [0.4, 0.5) is 0 Å². The molecule has 2 aromatic rings. The summed E-state index contributed by atoms with van der Waals surface area (Å²) < 4.78 is 7.23. The summed E-state index contributed by atoms with van der Waals surface area (Å²) in [5.41, 5.74) is 3.14. The molecule has 1 aromatic carbocycles. The van der Waals surface area contributed by atoms with Crippen LogP contribution in [0.3, 0.4) is 0 Å². The Kier molecular flexibility index (Phi) is 2.44. The molecule has 2 heterocycles. The minimum absolute atomic E-state index is 0.0145. The molecule has 4 heteroatoms. The van der Waals surface area contributed by atoms with Crippen molar-refractivity contribution in [3.8, 4) is 5.75 Å². The number of benzene rings is 1. The number of aryl methyl sites for hydroxylation is 2. The van der Waals surface area contributed by atoms with E-state index in [1.807, 2.05) is 32.2 Å². The van der Waals surface area contributed by atoms with Gasteiger partial charge in [-0.05, 0) is 18.6 Å². The molecular formula is C14H14N2O2. The lowest BCUT2D eigenvalue weighted by Gasteiger charge is -2.06. The Balaban J connectivity index is 2.08. The summed E-state index contributed by atoms with van der Waals surface area (Å²) in [6.45, 7) is 2.50. The first-order valence-electron chi connectivity index (χ1n) is 5.96. The van der Waals surface area contributed by atoms with E-state index in [2.05, 4.69) is 5.10 Å². The van der Waals surface area contributed by atoms with Gasteiger partial charge in [0.1, 0.15) is 5.75 Å². The molecule has 0 amide bonds. The van der Waals surface area contributed by atoms with Crippen molar-refractivity contribution in [3.63, 3.8) is 0 Å². The van der Waals surface area contributed by atoms with E-state index in [0.717, 1.165) is 23.4 Å². The summed E-state index contributed by atoms with van der Waals surface area (Å²) in [5, 5.41) is 4.21. The predicted molar refractivity (Wildman–Crippen MR) is 67.0 cm³/mol. The number of rotatable bonds is 2. The van der Waals surface area contributed by atoms with Gasteiger partial charge in [-0.15, -0.1) is 0 Å². The van der Waals surface area contributed by atoms with Crippen molar-refractivity contribution in [2.45, 2.75) is 13.3 Å². The lowest BCUT2D eigenvalue weighted by molar-refractivity contribution is 0.103. The van der Waals surface area contributed by atoms with Crippen molar-refractivity contribution in [1.29, 1.82) is 0 Å². The number of hydrogen-bond acceptors (Lipinski definition) is 3. The van der Waals surface area contributed by atoms with Crippen LogP contribution in [0.15, 0.2) is 24.4 Å². The van der Waals surface area contributed by atoms with E-state index >= 15 is 0 Å². The molecule has 0 spiro atoms. The maximum Gasteiger partial charge on any atom is 0.200 e. The van der Waals surface area contributed by atoms with Gasteiger partial charge in [0.15, 0.2) is 5.78 Å². The maximum atomic E-state index is 12.5. The molecule has 1 aromatic heterocycles. The molecule has 0 saturated heterocycles. The minimum Gasteiger partial charge on any atom is -0.492 e. The first kappa shape index (κ1) is 11.0. The molecule has 0 N–H and O–H groups in total. The fourth-order valence-corrected chi connectivity index (χ4v) is 2.36. The van der Waals surface area contributed by atoms with Crippen molar-refractivity contribution >= 4 is 5.78 Å². The normalized spacial score (nSPS) is 13.2. The molecule has 0 atom stereocenters. The van der Waals surface area contributed by atoms with E-state index < -0.39 is 0 Å². The van der Waals surface area contributed by atoms with Crippen LogP contribution in [0.2, 0.25) is 0 Å². The van der Waals surface area contributed by atoms with Crippen molar-refractivity contribution in [2.24, 2.45) is 7.05 Å².